The van der Waals surface area contributed by atoms with Crippen molar-refractivity contribution in [1.29, 1.82) is 0 Å². The number of ether oxygens (including phenoxy) is 1. The van der Waals surface area contributed by atoms with Crippen molar-refractivity contribution in [2.45, 2.75) is 25.8 Å². The fourth-order valence-corrected chi connectivity index (χ4v) is 4.56. The average molecular weight is 605 g/mol. The van der Waals surface area contributed by atoms with Crippen molar-refractivity contribution in [2.24, 2.45) is 0 Å². The first-order chi connectivity index (χ1) is 16.9. The highest BCUT2D eigenvalue weighted by atomic mass is 35.5. The Hall–Kier alpha value is -2.09. The first kappa shape index (κ1) is 31.1. The fraction of sp³-hybridized carbons (Fsp3) is 0.148. The minimum Gasteiger partial charge on any atom is -1.00 e. The molecular weight excluding hydrogens is 581 g/mol. The molecule has 1 unspecified atom stereocenters. The van der Waals surface area contributed by atoms with E-state index in [1.807, 2.05) is 52.1 Å². The third-order valence-corrected chi connectivity index (χ3v) is 6.53. The molecule has 0 saturated carbocycles. The van der Waals surface area contributed by atoms with E-state index in [0.717, 1.165) is 16.7 Å². The fourth-order valence-electron chi connectivity index (χ4n) is 3.56. The van der Waals surface area contributed by atoms with Gasteiger partial charge in [0.1, 0.15) is 37.4 Å². The Bertz CT molecular complexity index is 1330. The summed E-state index contributed by atoms with van der Waals surface area (Å²) in [4.78, 5) is 0. The van der Waals surface area contributed by atoms with Gasteiger partial charge in [-0.3, -0.25) is 0 Å². The maximum Gasteiger partial charge on any atom is 0.244 e. The van der Waals surface area contributed by atoms with E-state index in [1.54, 1.807) is 36.4 Å². The summed E-state index contributed by atoms with van der Waals surface area (Å²) in [5.41, 5.74) is 2.61. The second kappa shape index (κ2) is 14.7. The number of imidazole rings is 1. The summed E-state index contributed by atoms with van der Waals surface area (Å²) in [6.45, 7) is 1.49. The average Bonchev–Trinajstić information content (AvgIpc) is 3.26. The van der Waals surface area contributed by atoms with E-state index in [2.05, 4.69) is 0 Å². The number of aromatic nitrogens is 2. The van der Waals surface area contributed by atoms with Gasteiger partial charge >= 0.3 is 0 Å². The molecule has 3 aromatic carbocycles. The molecule has 4 aromatic rings. The SMILES string of the molecule is Fc1ccc(C=CC[n+]2ccn(CC(OCc3ccc(Cl)cc3Cl)c3ccc(Cl)cc3Cl)c2)cc1.O.[Cl-]. The van der Waals surface area contributed by atoms with Crippen molar-refractivity contribution in [3.05, 3.63) is 128 Å². The molecule has 1 atom stereocenters. The Morgan fingerprint density at radius 2 is 1.59 bits per heavy atom. The zero-order valence-corrected chi connectivity index (χ0v) is 23.2. The van der Waals surface area contributed by atoms with Crippen LogP contribution in [0, 0.1) is 5.82 Å². The molecule has 1 aromatic heterocycles. The first-order valence-electron chi connectivity index (χ1n) is 10.8. The summed E-state index contributed by atoms with van der Waals surface area (Å²) in [6, 6.07) is 17.1. The number of rotatable bonds is 9. The van der Waals surface area contributed by atoms with E-state index in [0.29, 0.717) is 39.8 Å². The van der Waals surface area contributed by atoms with Crippen LogP contribution in [0.15, 0.2) is 85.5 Å². The van der Waals surface area contributed by atoms with Gasteiger partial charge in [0.25, 0.3) is 0 Å². The van der Waals surface area contributed by atoms with E-state index in [-0.39, 0.29) is 29.8 Å². The predicted octanol–water partition coefficient (Wildman–Crippen LogP) is 4.38. The molecule has 0 aliphatic heterocycles. The van der Waals surface area contributed by atoms with Crippen LogP contribution in [0.2, 0.25) is 20.1 Å². The van der Waals surface area contributed by atoms with Crippen molar-refractivity contribution >= 4 is 52.5 Å². The molecule has 0 aliphatic carbocycles. The molecule has 10 heteroatoms. The van der Waals surface area contributed by atoms with Crippen LogP contribution in [0.4, 0.5) is 4.39 Å². The summed E-state index contributed by atoms with van der Waals surface area (Å²) in [5, 5.41) is 2.21. The second-order valence-electron chi connectivity index (χ2n) is 7.96. The molecule has 0 amide bonds. The predicted molar refractivity (Wildman–Crippen MR) is 144 cm³/mol. The Balaban J connectivity index is 0.00000241. The highest BCUT2D eigenvalue weighted by molar-refractivity contribution is 6.35. The maximum absolute atomic E-state index is 13.1. The van der Waals surface area contributed by atoms with Crippen LogP contribution >= 0.6 is 46.4 Å². The molecule has 1 heterocycles. The zero-order valence-electron chi connectivity index (χ0n) is 19.4. The van der Waals surface area contributed by atoms with Crippen molar-refractivity contribution < 1.29 is 31.6 Å². The lowest BCUT2D eigenvalue weighted by Crippen LogP contribution is -3.00. The summed E-state index contributed by atoms with van der Waals surface area (Å²) < 4.78 is 23.4. The number of nitrogens with zero attached hydrogens (tertiary/aromatic N) is 2. The Labute approximate surface area is 241 Å². The quantitative estimate of drug-likeness (QED) is 0.262. The lowest BCUT2D eigenvalue weighted by molar-refractivity contribution is -0.686. The van der Waals surface area contributed by atoms with Gasteiger partial charge in [-0.05, 0) is 53.6 Å². The van der Waals surface area contributed by atoms with Gasteiger partial charge in [-0.25, -0.2) is 13.5 Å². The van der Waals surface area contributed by atoms with Crippen LogP contribution in [0.1, 0.15) is 22.8 Å². The number of hydrogen-bond acceptors (Lipinski definition) is 1. The molecular formula is C27H24Cl5FN2O2. The molecule has 196 valence electrons. The summed E-state index contributed by atoms with van der Waals surface area (Å²) >= 11 is 25.0. The molecule has 2 N–H and O–H groups in total. The van der Waals surface area contributed by atoms with Crippen LogP contribution in [0.5, 0.6) is 0 Å². The Morgan fingerprint density at radius 3 is 2.27 bits per heavy atom. The standard InChI is InChI=1S/C27H22Cl4FN2O.ClH.H2O/c28-21-6-5-20(25(30)14-21)17-35-27(24-10-7-22(29)15-26(24)31)16-34-13-12-33(18-34)11-1-2-19-3-8-23(32)9-4-19;;/h1-10,12-15,18,27H,11,16-17H2;1H;1H2/q+1;;/p-1. The minimum atomic E-state index is -0.345. The smallest absolute Gasteiger partial charge is 0.244 e. The Morgan fingerprint density at radius 1 is 0.919 bits per heavy atom. The number of benzene rings is 3. The van der Waals surface area contributed by atoms with Gasteiger partial charge in [0.2, 0.25) is 6.33 Å². The van der Waals surface area contributed by atoms with Crippen LogP contribution in [0.25, 0.3) is 6.08 Å². The molecule has 0 fully saturated rings. The lowest BCUT2D eigenvalue weighted by Gasteiger charge is -2.19. The van der Waals surface area contributed by atoms with E-state index in [1.165, 1.54) is 12.1 Å². The largest absolute Gasteiger partial charge is 1.00 e. The minimum absolute atomic E-state index is 0. The normalized spacial score (nSPS) is 11.7. The Kier molecular flexibility index (Phi) is 12.4. The topological polar surface area (TPSA) is 49.5 Å². The molecule has 4 nitrogen and oxygen atoms in total. The number of hydrogen-bond donors (Lipinski definition) is 0. The van der Waals surface area contributed by atoms with Gasteiger partial charge in [-0.2, -0.15) is 0 Å². The van der Waals surface area contributed by atoms with E-state index in [9.17, 15) is 4.39 Å². The molecule has 0 radical (unpaired) electrons. The highest BCUT2D eigenvalue weighted by Gasteiger charge is 2.20. The van der Waals surface area contributed by atoms with Crippen molar-refractivity contribution in [1.82, 2.24) is 4.57 Å². The van der Waals surface area contributed by atoms with Crippen molar-refractivity contribution in [2.75, 3.05) is 0 Å². The number of allylic oxidation sites excluding steroid dienone is 1. The van der Waals surface area contributed by atoms with Crippen LogP contribution in [-0.2, 0) is 24.4 Å². The van der Waals surface area contributed by atoms with Crippen LogP contribution in [-0.4, -0.2) is 10.0 Å². The van der Waals surface area contributed by atoms with Crippen molar-refractivity contribution in [3.8, 4) is 0 Å². The third-order valence-electron chi connectivity index (χ3n) is 5.38. The van der Waals surface area contributed by atoms with Gasteiger partial charge in [0, 0.05) is 25.7 Å². The lowest BCUT2D eigenvalue weighted by atomic mass is 10.1. The van der Waals surface area contributed by atoms with E-state index >= 15 is 0 Å². The maximum atomic E-state index is 13.1. The van der Waals surface area contributed by atoms with Crippen LogP contribution in [0.3, 0.4) is 0 Å². The van der Waals surface area contributed by atoms with Gasteiger partial charge in [-0.1, -0.05) is 76.7 Å². The molecule has 4 rings (SSSR count). The second-order valence-corrected chi connectivity index (χ2v) is 9.65. The van der Waals surface area contributed by atoms with Gasteiger partial charge in [0.15, 0.2) is 0 Å². The molecule has 37 heavy (non-hydrogen) atoms. The third kappa shape index (κ3) is 9.01. The number of halogens is 6. The monoisotopic (exact) mass is 602 g/mol. The van der Waals surface area contributed by atoms with Gasteiger partial charge < -0.3 is 22.6 Å². The van der Waals surface area contributed by atoms with E-state index < -0.39 is 0 Å². The highest BCUT2D eigenvalue weighted by Crippen LogP contribution is 2.31. The van der Waals surface area contributed by atoms with E-state index in [4.69, 9.17) is 51.1 Å². The summed E-state index contributed by atoms with van der Waals surface area (Å²) in [6.07, 6.45) is 9.57. The van der Waals surface area contributed by atoms with Gasteiger partial charge in [-0.15, -0.1) is 0 Å². The van der Waals surface area contributed by atoms with Crippen LogP contribution < -0.4 is 17.0 Å². The van der Waals surface area contributed by atoms with Crippen molar-refractivity contribution in [3.63, 3.8) is 0 Å². The first-order valence-corrected chi connectivity index (χ1v) is 12.4. The zero-order chi connectivity index (χ0) is 24.8. The molecule has 0 spiro atoms. The molecule has 0 bridgehead atoms. The molecule has 0 saturated heterocycles. The molecule has 0 aliphatic rings. The van der Waals surface area contributed by atoms with Gasteiger partial charge in [0.05, 0.1) is 6.61 Å². The summed E-state index contributed by atoms with van der Waals surface area (Å²) in [7, 11) is 0. The summed E-state index contributed by atoms with van der Waals surface area (Å²) in [5.74, 6) is -0.246.